The van der Waals surface area contributed by atoms with Crippen LogP contribution in [0.15, 0.2) is 57.6 Å². The number of sulfone groups is 1. The fraction of sp³-hybridized carbons (Fsp3) is 0.190. The zero-order valence-electron chi connectivity index (χ0n) is 16.9. The van der Waals surface area contributed by atoms with E-state index in [-0.39, 0.29) is 14.0 Å². The first-order valence-electron chi connectivity index (χ1n) is 8.83. The minimum Gasteiger partial charge on any atom is -0.493 e. The number of carbonyl (C=O) groups is 1. The second kappa shape index (κ2) is 8.76. The van der Waals surface area contributed by atoms with Crippen molar-refractivity contribution in [2.24, 2.45) is 0 Å². The molecule has 0 saturated heterocycles. The summed E-state index contributed by atoms with van der Waals surface area (Å²) in [5.41, 5.74) is 1.39. The predicted molar refractivity (Wildman–Crippen MR) is 115 cm³/mol. The first-order valence-corrected chi connectivity index (χ1v) is 11.1. The highest BCUT2D eigenvalue weighted by molar-refractivity contribution is 7.93. The van der Waals surface area contributed by atoms with Crippen LogP contribution >= 0.6 is 11.3 Å². The topological polar surface area (TPSA) is 90.9 Å². The maximum absolute atomic E-state index is 12.8. The molecule has 30 heavy (non-hydrogen) atoms. The lowest BCUT2D eigenvalue weighted by Gasteiger charge is -2.14. The molecule has 1 amide bonds. The number of hydrogen-bond donors (Lipinski definition) is 1. The molecule has 1 N–H and O–H groups in total. The highest BCUT2D eigenvalue weighted by atomic mass is 32.2. The van der Waals surface area contributed by atoms with Gasteiger partial charge in [0.15, 0.2) is 11.5 Å². The third-order valence-electron chi connectivity index (χ3n) is 4.32. The Kier molecular flexibility index (Phi) is 6.33. The average Bonchev–Trinajstić information content (AvgIpc) is 3.24. The number of carbonyl (C=O) groups excluding carboxylic acids is 1. The van der Waals surface area contributed by atoms with Gasteiger partial charge in [-0.25, -0.2) is 8.42 Å². The number of hydrogen-bond acceptors (Lipinski definition) is 7. The van der Waals surface area contributed by atoms with Crippen molar-refractivity contribution in [1.82, 2.24) is 0 Å². The maximum Gasteiger partial charge on any atom is 0.265 e. The van der Waals surface area contributed by atoms with E-state index in [1.54, 1.807) is 36.4 Å². The fourth-order valence-electron chi connectivity index (χ4n) is 2.77. The van der Waals surface area contributed by atoms with Crippen LogP contribution in [0.5, 0.6) is 17.2 Å². The van der Waals surface area contributed by atoms with Crippen LogP contribution in [0.25, 0.3) is 0 Å². The normalized spacial score (nSPS) is 11.1. The van der Waals surface area contributed by atoms with Gasteiger partial charge in [-0.05, 0) is 31.2 Å². The molecule has 2 aromatic carbocycles. The number of thiophene rings is 1. The number of aryl methyl sites for hydroxylation is 1. The van der Waals surface area contributed by atoms with E-state index in [0.717, 1.165) is 16.9 Å². The molecule has 0 aliphatic carbocycles. The molecule has 0 aliphatic heterocycles. The molecule has 0 unspecified atom stereocenters. The van der Waals surface area contributed by atoms with Gasteiger partial charge in [-0.3, -0.25) is 4.79 Å². The Morgan fingerprint density at radius 1 is 0.900 bits per heavy atom. The Morgan fingerprint density at radius 2 is 1.50 bits per heavy atom. The number of anilines is 1. The minimum atomic E-state index is -3.69. The Hall–Kier alpha value is -3.04. The minimum absolute atomic E-state index is 0.0985. The van der Waals surface area contributed by atoms with Gasteiger partial charge in [0.2, 0.25) is 15.6 Å². The van der Waals surface area contributed by atoms with Gasteiger partial charge in [-0.1, -0.05) is 17.7 Å². The Bertz CT molecular complexity index is 1140. The predicted octanol–water partition coefficient (Wildman–Crippen LogP) is 4.17. The van der Waals surface area contributed by atoms with Crippen LogP contribution in [-0.2, 0) is 9.84 Å². The van der Waals surface area contributed by atoms with Crippen molar-refractivity contribution in [1.29, 1.82) is 0 Å². The monoisotopic (exact) mass is 447 g/mol. The van der Waals surface area contributed by atoms with Crippen molar-refractivity contribution in [3.63, 3.8) is 0 Å². The van der Waals surface area contributed by atoms with Gasteiger partial charge >= 0.3 is 0 Å². The van der Waals surface area contributed by atoms with Gasteiger partial charge in [0.25, 0.3) is 5.91 Å². The molecule has 0 saturated carbocycles. The zero-order valence-corrected chi connectivity index (χ0v) is 18.5. The number of nitrogens with one attached hydrogen (secondary N) is 1. The summed E-state index contributed by atoms with van der Waals surface area (Å²) >= 11 is 0.907. The lowest BCUT2D eigenvalue weighted by Crippen LogP contribution is -2.10. The summed E-state index contributed by atoms with van der Waals surface area (Å²) in [5.74, 6) is 0.738. The molecule has 0 radical (unpaired) electrons. The summed E-state index contributed by atoms with van der Waals surface area (Å²) in [5, 5.41) is 2.73. The molecule has 1 aromatic heterocycles. The molecular formula is C21H21NO6S2. The zero-order chi connectivity index (χ0) is 21.9. The first-order chi connectivity index (χ1) is 14.3. The molecule has 0 spiro atoms. The number of methoxy groups -OCH3 is 3. The van der Waals surface area contributed by atoms with E-state index in [1.165, 1.54) is 33.5 Å². The van der Waals surface area contributed by atoms with Crippen LogP contribution in [0, 0.1) is 6.92 Å². The summed E-state index contributed by atoms with van der Waals surface area (Å²) in [6.07, 6.45) is 0. The van der Waals surface area contributed by atoms with Gasteiger partial charge in [0, 0.05) is 17.8 Å². The third kappa shape index (κ3) is 4.27. The van der Waals surface area contributed by atoms with E-state index in [9.17, 15) is 13.2 Å². The molecule has 3 aromatic rings. The highest BCUT2D eigenvalue weighted by Crippen LogP contribution is 2.40. The van der Waals surface area contributed by atoms with Crippen molar-refractivity contribution in [3.8, 4) is 17.2 Å². The molecular weight excluding hydrogens is 426 g/mol. The lowest BCUT2D eigenvalue weighted by atomic mass is 10.2. The number of ether oxygens (including phenoxy) is 3. The van der Waals surface area contributed by atoms with Crippen molar-refractivity contribution in [3.05, 3.63) is 59.0 Å². The summed E-state index contributed by atoms with van der Waals surface area (Å²) < 4.78 is 41.5. The van der Waals surface area contributed by atoms with Gasteiger partial charge in [-0.15, -0.1) is 11.3 Å². The van der Waals surface area contributed by atoms with Gasteiger partial charge < -0.3 is 19.5 Å². The molecule has 0 fully saturated rings. The summed E-state index contributed by atoms with van der Waals surface area (Å²) in [6.45, 7) is 1.88. The highest BCUT2D eigenvalue weighted by Gasteiger charge is 2.22. The SMILES string of the molecule is COc1cc(NC(=O)c2ccc(S(=O)(=O)c3ccc(C)cc3)s2)cc(OC)c1OC. The average molecular weight is 448 g/mol. The van der Waals surface area contributed by atoms with E-state index in [0.29, 0.717) is 22.9 Å². The van der Waals surface area contributed by atoms with Crippen molar-refractivity contribution in [2.45, 2.75) is 16.0 Å². The first kappa shape index (κ1) is 21.7. The van der Waals surface area contributed by atoms with E-state index >= 15 is 0 Å². The van der Waals surface area contributed by atoms with Gasteiger partial charge in [-0.2, -0.15) is 0 Å². The van der Waals surface area contributed by atoms with E-state index in [2.05, 4.69) is 5.32 Å². The van der Waals surface area contributed by atoms with Crippen molar-refractivity contribution < 1.29 is 27.4 Å². The number of benzene rings is 2. The summed E-state index contributed by atoms with van der Waals surface area (Å²) in [4.78, 5) is 13.1. The van der Waals surface area contributed by atoms with E-state index in [1.807, 2.05) is 6.92 Å². The maximum atomic E-state index is 12.8. The number of rotatable bonds is 7. The second-order valence-electron chi connectivity index (χ2n) is 6.30. The van der Waals surface area contributed by atoms with Crippen LogP contribution in [0.4, 0.5) is 5.69 Å². The van der Waals surface area contributed by atoms with Gasteiger partial charge in [0.05, 0.1) is 31.1 Å². The Balaban J connectivity index is 1.86. The molecule has 3 rings (SSSR count). The molecule has 9 heteroatoms. The third-order valence-corrected chi connectivity index (χ3v) is 7.67. The molecule has 0 atom stereocenters. The van der Waals surface area contributed by atoms with E-state index < -0.39 is 15.7 Å². The van der Waals surface area contributed by atoms with Crippen molar-refractivity contribution >= 4 is 32.8 Å². The largest absolute Gasteiger partial charge is 0.493 e. The Labute approximate surface area is 179 Å². The smallest absolute Gasteiger partial charge is 0.265 e. The molecule has 7 nitrogen and oxygen atoms in total. The molecule has 1 heterocycles. The molecule has 0 aliphatic rings. The van der Waals surface area contributed by atoms with Crippen LogP contribution in [-0.4, -0.2) is 35.7 Å². The number of amides is 1. The molecule has 0 bridgehead atoms. The summed E-state index contributed by atoms with van der Waals surface area (Å²) in [6, 6.07) is 12.7. The fourth-order valence-corrected chi connectivity index (χ4v) is 5.37. The second-order valence-corrected chi connectivity index (χ2v) is 9.56. The van der Waals surface area contributed by atoms with Gasteiger partial charge in [0.1, 0.15) is 4.21 Å². The van der Waals surface area contributed by atoms with Crippen molar-refractivity contribution in [2.75, 3.05) is 26.6 Å². The quantitative estimate of drug-likeness (QED) is 0.585. The lowest BCUT2D eigenvalue weighted by molar-refractivity contribution is 0.103. The van der Waals surface area contributed by atoms with Crippen LogP contribution in [0.3, 0.4) is 0 Å². The van der Waals surface area contributed by atoms with Crippen LogP contribution < -0.4 is 19.5 Å². The van der Waals surface area contributed by atoms with Crippen LogP contribution in [0.1, 0.15) is 15.2 Å². The standard InChI is InChI=1S/C21H21NO6S2/c1-13-5-7-15(8-6-13)30(24,25)19-10-9-18(29-19)21(23)22-14-11-16(26-2)20(28-4)17(12-14)27-3/h5-12H,1-4H3,(H,22,23). The molecule has 158 valence electrons. The van der Waals surface area contributed by atoms with E-state index in [4.69, 9.17) is 14.2 Å². The Morgan fingerprint density at radius 3 is 2.03 bits per heavy atom. The summed E-state index contributed by atoms with van der Waals surface area (Å²) in [7, 11) is 0.750. The van der Waals surface area contributed by atoms with Crippen LogP contribution in [0.2, 0.25) is 0 Å².